The Balaban J connectivity index is 2.61. The number of aromatic nitrogens is 1. The zero-order valence-corrected chi connectivity index (χ0v) is 10.3. The van der Waals surface area contributed by atoms with Crippen molar-refractivity contribution < 1.29 is 9.53 Å². The Bertz CT molecular complexity index is 649. The van der Waals surface area contributed by atoms with Gasteiger partial charge in [0.25, 0.3) is 5.56 Å². The summed E-state index contributed by atoms with van der Waals surface area (Å²) >= 11 is 6.05. The van der Waals surface area contributed by atoms with Crippen LogP contribution in [-0.4, -0.2) is 18.1 Å². The molecule has 0 aliphatic heterocycles. The van der Waals surface area contributed by atoms with Crippen molar-refractivity contribution in [2.24, 2.45) is 0 Å². The molecule has 0 saturated carbocycles. The predicted octanol–water partition coefficient (Wildman–Crippen LogP) is 2.48. The molecule has 1 N–H and O–H groups in total. The highest BCUT2D eigenvalue weighted by Crippen LogP contribution is 2.26. The van der Waals surface area contributed by atoms with Crippen LogP contribution in [0.1, 0.15) is 10.4 Å². The molecule has 2 aromatic rings. The van der Waals surface area contributed by atoms with Gasteiger partial charge in [0.05, 0.1) is 12.7 Å². The molecule has 1 aromatic carbocycles. The van der Waals surface area contributed by atoms with Gasteiger partial charge in [0, 0.05) is 22.3 Å². The van der Waals surface area contributed by atoms with Crippen molar-refractivity contribution in [2.75, 3.05) is 7.11 Å². The van der Waals surface area contributed by atoms with E-state index < -0.39 is 5.97 Å². The highest BCUT2D eigenvalue weighted by molar-refractivity contribution is 6.33. The second kappa shape index (κ2) is 5.06. The third-order valence-electron chi connectivity index (χ3n) is 2.50. The fraction of sp³-hybridized carbons (Fsp3) is 0.0769. The Hall–Kier alpha value is -2.07. The van der Waals surface area contributed by atoms with Crippen LogP contribution in [0, 0.1) is 0 Å². The minimum Gasteiger partial charge on any atom is -0.465 e. The van der Waals surface area contributed by atoms with Crippen molar-refractivity contribution in [2.45, 2.75) is 0 Å². The van der Waals surface area contributed by atoms with Crippen LogP contribution >= 0.6 is 11.6 Å². The first kappa shape index (κ1) is 12.4. The summed E-state index contributed by atoms with van der Waals surface area (Å²) in [6, 6.07) is 7.99. The fourth-order valence-corrected chi connectivity index (χ4v) is 1.83. The second-order valence-electron chi connectivity index (χ2n) is 3.60. The van der Waals surface area contributed by atoms with Gasteiger partial charge in [0.15, 0.2) is 0 Å². The summed E-state index contributed by atoms with van der Waals surface area (Å²) < 4.78 is 4.63. The largest absolute Gasteiger partial charge is 0.465 e. The highest BCUT2D eigenvalue weighted by atomic mass is 35.5. The Morgan fingerprint density at radius 3 is 2.72 bits per heavy atom. The average Bonchev–Trinajstić information content (AvgIpc) is 2.39. The molecule has 4 nitrogen and oxygen atoms in total. The lowest BCUT2D eigenvalue weighted by atomic mass is 10.0. The molecule has 0 fully saturated rings. The zero-order chi connectivity index (χ0) is 13.1. The molecule has 0 amide bonds. The molecule has 0 aliphatic carbocycles. The normalized spacial score (nSPS) is 10.1. The molecular weight excluding hydrogens is 254 g/mol. The van der Waals surface area contributed by atoms with Crippen molar-refractivity contribution >= 4 is 17.6 Å². The maximum atomic E-state index is 11.7. The predicted molar refractivity (Wildman–Crippen MR) is 68.8 cm³/mol. The number of methoxy groups -OCH3 is 1. The molecule has 0 saturated heterocycles. The van der Waals surface area contributed by atoms with E-state index in [2.05, 4.69) is 9.72 Å². The van der Waals surface area contributed by atoms with Gasteiger partial charge in [-0.15, -0.1) is 0 Å². The number of aromatic amines is 1. The number of esters is 1. The number of hydrogen-bond donors (Lipinski definition) is 1. The van der Waals surface area contributed by atoms with Crippen LogP contribution in [0.4, 0.5) is 0 Å². The van der Waals surface area contributed by atoms with Crippen LogP contribution in [0.3, 0.4) is 0 Å². The number of rotatable bonds is 2. The van der Waals surface area contributed by atoms with E-state index in [1.165, 1.54) is 13.3 Å². The number of carbonyl (C=O) groups is 1. The van der Waals surface area contributed by atoms with Gasteiger partial charge in [-0.05, 0) is 30.3 Å². The first-order chi connectivity index (χ1) is 8.63. The molecule has 0 aliphatic rings. The number of halogens is 1. The van der Waals surface area contributed by atoms with E-state index in [0.29, 0.717) is 21.7 Å². The first-order valence-electron chi connectivity index (χ1n) is 5.19. The van der Waals surface area contributed by atoms with Crippen LogP contribution in [0.2, 0.25) is 5.02 Å². The minimum absolute atomic E-state index is 0.263. The van der Waals surface area contributed by atoms with Gasteiger partial charge in [-0.1, -0.05) is 11.6 Å². The maximum absolute atomic E-state index is 11.7. The Morgan fingerprint density at radius 1 is 1.28 bits per heavy atom. The number of benzene rings is 1. The van der Waals surface area contributed by atoms with Crippen LogP contribution in [-0.2, 0) is 4.74 Å². The van der Waals surface area contributed by atoms with Gasteiger partial charge >= 0.3 is 5.97 Å². The van der Waals surface area contributed by atoms with Crippen molar-refractivity contribution in [3.8, 4) is 11.1 Å². The Morgan fingerprint density at radius 2 is 2.06 bits per heavy atom. The van der Waals surface area contributed by atoms with E-state index in [1.54, 1.807) is 30.3 Å². The molecule has 5 heteroatoms. The minimum atomic E-state index is -0.472. The van der Waals surface area contributed by atoms with Gasteiger partial charge in [-0.25, -0.2) is 4.79 Å². The molecule has 18 heavy (non-hydrogen) atoms. The van der Waals surface area contributed by atoms with Crippen molar-refractivity contribution in [1.29, 1.82) is 0 Å². The van der Waals surface area contributed by atoms with Crippen LogP contribution in [0.25, 0.3) is 11.1 Å². The molecular formula is C13H10ClNO3. The monoisotopic (exact) mass is 263 g/mol. The van der Waals surface area contributed by atoms with E-state index in [-0.39, 0.29) is 5.56 Å². The van der Waals surface area contributed by atoms with E-state index in [9.17, 15) is 9.59 Å². The van der Waals surface area contributed by atoms with Gasteiger partial charge in [0.2, 0.25) is 0 Å². The number of hydrogen-bond acceptors (Lipinski definition) is 3. The van der Waals surface area contributed by atoms with Crippen molar-refractivity contribution in [3.63, 3.8) is 0 Å². The lowest BCUT2D eigenvalue weighted by Gasteiger charge is -2.06. The Kier molecular flexibility index (Phi) is 3.48. The topological polar surface area (TPSA) is 59.2 Å². The second-order valence-corrected chi connectivity index (χ2v) is 4.01. The molecule has 0 radical (unpaired) electrons. The summed E-state index contributed by atoms with van der Waals surface area (Å²) in [5, 5.41) is 0.402. The van der Waals surface area contributed by atoms with Crippen LogP contribution < -0.4 is 5.56 Å². The summed E-state index contributed by atoms with van der Waals surface area (Å²) in [5.74, 6) is -0.472. The summed E-state index contributed by atoms with van der Waals surface area (Å²) in [7, 11) is 1.30. The van der Waals surface area contributed by atoms with E-state index in [0.717, 1.165) is 0 Å². The smallest absolute Gasteiger partial charge is 0.337 e. The zero-order valence-electron chi connectivity index (χ0n) is 9.57. The maximum Gasteiger partial charge on any atom is 0.337 e. The molecule has 0 unspecified atom stereocenters. The molecule has 92 valence electrons. The summed E-state index contributed by atoms with van der Waals surface area (Å²) in [6.45, 7) is 0. The van der Waals surface area contributed by atoms with Crippen LogP contribution in [0.15, 0.2) is 41.3 Å². The van der Waals surface area contributed by atoms with E-state index >= 15 is 0 Å². The number of carbonyl (C=O) groups excluding carboxylic acids is 1. The lowest BCUT2D eigenvalue weighted by Crippen LogP contribution is -2.08. The summed E-state index contributed by atoms with van der Waals surface area (Å²) in [5.41, 5.74) is 0.997. The van der Waals surface area contributed by atoms with E-state index in [4.69, 9.17) is 11.6 Å². The molecule has 1 heterocycles. The first-order valence-corrected chi connectivity index (χ1v) is 5.57. The van der Waals surface area contributed by atoms with Crippen molar-refractivity contribution in [3.05, 3.63) is 57.5 Å². The molecule has 0 spiro atoms. The molecule has 1 aromatic heterocycles. The fourth-order valence-electron chi connectivity index (χ4n) is 1.61. The third kappa shape index (κ3) is 2.28. The molecule has 2 rings (SSSR count). The summed E-state index contributed by atoms with van der Waals surface area (Å²) in [4.78, 5) is 25.7. The third-order valence-corrected chi connectivity index (χ3v) is 2.83. The van der Waals surface area contributed by atoms with Gasteiger partial charge in [-0.2, -0.15) is 0 Å². The number of pyridine rings is 1. The Labute approximate surface area is 108 Å². The lowest BCUT2D eigenvalue weighted by molar-refractivity contribution is 0.0601. The quantitative estimate of drug-likeness (QED) is 0.847. The highest BCUT2D eigenvalue weighted by Gasteiger charge is 2.12. The van der Waals surface area contributed by atoms with Crippen LogP contribution in [0.5, 0.6) is 0 Å². The van der Waals surface area contributed by atoms with Gasteiger partial charge < -0.3 is 9.72 Å². The SMILES string of the molecule is COC(=O)c1ccc(Cl)c(-c2ccc[nH]c2=O)c1. The standard InChI is InChI=1S/C13H10ClNO3/c1-18-13(17)8-4-5-11(14)10(7-8)9-3-2-6-15-12(9)16/h2-7H,1H3,(H,15,16). The average molecular weight is 264 g/mol. The number of ether oxygens (including phenoxy) is 1. The van der Waals surface area contributed by atoms with Crippen molar-refractivity contribution in [1.82, 2.24) is 4.98 Å². The summed E-state index contributed by atoms with van der Waals surface area (Å²) in [6.07, 6.45) is 1.53. The van der Waals surface area contributed by atoms with Gasteiger partial charge in [0.1, 0.15) is 0 Å². The number of H-pyrrole nitrogens is 1. The van der Waals surface area contributed by atoms with Gasteiger partial charge in [-0.3, -0.25) is 4.79 Å². The number of nitrogens with one attached hydrogen (secondary N) is 1. The molecule has 0 bridgehead atoms. The van der Waals surface area contributed by atoms with E-state index in [1.807, 2.05) is 0 Å². The molecule has 0 atom stereocenters.